The number of morpholine rings is 1. The molecule has 156 valence electrons. The van der Waals surface area contributed by atoms with Crippen LogP contribution in [0, 0.1) is 5.82 Å². The van der Waals surface area contributed by atoms with Gasteiger partial charge in [0.25, 0.3) is 5.91 Å². The van der Waals surface area contributed by atoms with E-state index in [9.17, 15) is 14.0 Å². The van der Waals surface area contributed by atoms with Gasteiger partial charge in [0.05, 0.1) is 35.5 Å². The lowest BCUT2D eigenvalue weighted by atomic mass is 10.1. The van der Waals surface area contributed by atoms with Crippen LogP contribution in [0.4, 0.5) is 14.9 Å². The van der Waals surface area contributed by atoms with Crippen LogP contribution in [0.1, 0.15) is 11.1 Å². The number of anilines is 1. The third kappa shape index (κ3) is 4.28. The first-order valence-electron chi connectivity index (χ1n) is 9.33. The van der Waals surface area contributed by atoms with Crippen LogP contribution in [0.3, 0.4) is 0 Å². The number of halogens is 3. The normalized spacial score (nSPS) is 18.3. The zero-order chi connectivity index (χ0) is 21.3. The molecule has 4 rings (SSSR count). The first kappa shape index (κ1) is 20.7. The minimum atomic E-state index is -0.553. The highest BCUT2D eigenvalue weighted by Gasteiger charge is 2.33. The number of carbonyl (C=O) groups is 2. The standard InChI is InChI=1S/C21H18Cl2FN3O3/c22-15-3-1-14(9-16(15)23)12-27-20(28)18(25-21(27)29)11-13-2-4-19(17(24)10-13)26-5-7-30-8-6-26/h1-4,9-11H,5-8,12H2,(H,25,29)/b18-11-. The third-order valence-electron chi connectivity index (χ3n) is 4.92. The predicted octanol–water partition coefficient (Wildman–Crippen LogP) is 4.06. The third-order valence-corrected chi connectivity index (χ3v) is 5.66. The highest BCUT2D eigenvalue weighted by atomic mass is 35.5. The summed E-state index contributed by atoms with van der Waals surface area (Å²) in [6.45, 7) is 2.40. The maximum atomic E-state index is 14.6. The molecule has 2 aliphatic heterocycles. The summed E-state index contributed by atoms with van der Waals surface area (Å²) in [6.07, 6.45) is 1.46. The van der Waals surface area contributed by atoms with Crippen molar-refractivity contribution >= 4 is 46.9 Å². The van der Waals surface area contributed by atoms with E-state index in [4.69, 9.17) is 27.9 Å². The summed E-state index contributed by atoms with van der Waals surface area (Å²) in [5, 5.41) is 3.27. The number of imide groups is 1. The minimum Gasteiger partial charge on any atom is -0.378 e. The number of nitrogens with one attached hydrogen (secondary N) is 1. The quantitative estimate of drug-likeness (QED) is 0.564. The second-order valence-corrected chi connectivity index (χ2v) is 7.75. The van der Waals surface area contributed by atoms with Gasteiger partial charge in [0.15, 0.2) is 0 Å². The predicted molar refractivity (Wildman–Crippen MR) is 113 cm³/mol. The molecule has 0 saturated carbocycles. The van der Waals surface area contributed by atoms with Crippen molar-refractivity contribution in [2.24, 2.45) is 0 Å². The van der Waals surface area contributed by atoms with Gasteiger partial charge in [-0.2, -0.15) is 0 Å². The van der Waals surface area contributed by atoms with E-state index in [0.29, 0.717) is 53.2 Å². The summed E-state index contributed by atoms with van der Waals surface area (Å²) in [4.78, 5) is 27.9. The van der Waals surface area contributed by atoms with E-state index in [-0.39, 0.29) is 12.2 Å². The van der Waals surface area contributed by atoms with E-state index in [1.54, 1.807) is 30.3 Å². The van der Waals surface area contributed by atoms with Gasteiger partial charge in [0, 0.05) is 13.1 Å². The Labute approximate surface area is 182 Å². The van der Waals surface area contributed by atoms with Gasteiger partial charge in [-0.25, -0.2) is 9.18 Å². The van der Waals surface area contributed by atoms with Crippen LogP contribution in [-0.4, -0.2) is 43.1 Å². The minimum absolute atomic E-state index is 0.0449. The van der Waals surface area contributed by atoms with E-state index < -0.39 is 17.8 Å². The van der Waals surface area contributed by atoms with E-state index >= 15 is 0 Å². The Bertz CT molecular complexity index is 1040. The maximum Gasteiger partial charge on any atom is 0.329 e. The van der Waals surface area contributed by atoms with E-state index in [1.807, 2.05) is 4.90 Å². The molecule has 0 atom stereocenters. The van der Waals surface area contributed by atoms with Crippen molar-refractivity contribution in [2.45, 2.75) is 6.54 Å². The molecule has 1 N–H and O–H groups in total. The maximum absolute atomic E-state index is 14.6. The summed E-state index contributed by atoms with van der Waals surface area (Å²) in [5.41, 5.74) is 1.71. The van der Waals surface area contributed by atoms with Crippen LogP contribution in [0.25, 0.3) is 6.08 Å². The summed E-state index contributed by atoms with van der Waals surface area (Å²) < 4.78 is 19.9. The fraction of sp³-hybridized carbons (Fsp3) is 0.238. The van der Waals surface area contributed by atoms with Crippen molar-refractivity contribution in [1.82, 2.24) is 10.2 Å². The Kier molecular flexibility index (Phi) is 5.94. The van der Waals surface area contributed by atoms with E-state index in [2.05, 4.69) is 5.32 Å². The number of benzene rings is 2. The molecule has 2 aromatic rings. The van der Waals surface area contributed by atoms with Crippen molar-refractivity contribution < 1.29 is 18.7 Å². The van der Waals surface area contributed by atoms with Gasteiger partial charge in [-0.15, -0.1) is 0 Å². The molecule has 2 aliphatic rings. The molecule has 0 spiro atoms. The first-order chi connectivity index (χ1) is 14.4. The average Bonchev–Trinajstić information content (AvgIpc) is 2.99. The lowest BCUT2D eigenvalue weighted by Gasteiger charge is -2.29. The molecule has 0 radical (unpaired) electrons. The lowest BCUT2D eigenvalue weighted by Crippen LogP contribution is -2.36. The number of nitrogens with zero attached hydrogens (tertiary/aromatic N) is 2. The molecule has 0 unspecified atom stereocenters. The van der Waals surface area contributed by atoms with E-state index in [0.717, 1.165) is 4.90 Å². The second-order valence-electron chi connectivity index (χ2n) is 6.94. The Morgan fingerprint density at radius 1 is 1.07 bits per heavy atom. The van der Waals surface area contributed by atoms with Crippen molar-refractivity contribution in [3.63, 3.8) is 0 Å². The first-order valence-corrected chi connectivity index (χ1v) is 10.1. The molecule has 9 heteroatoms. The average molecular weight is 450 g/mol. The van der Waals surface area contributed by atoms with Crippen molar-refractivity contribution in [3.8, 4) is 0 Å². The molecule has 2 aromatic carbocycles. The lowest BCUT2D eigenvalue weighted by molar-refractivity contribution is -0.123. The molecule has 0 aliphatic carbocycles. The summed E-state index contributed by atoms with van der Waals surface area (Å²) in [6, 6.07) is 9.07. The molecule has 6 nitrogen and oxygen atoms in total. The second kappa shape index (κ2) is 8.63. The van der Waals surface area contributed by atoms with Crippen LogP contribution in [0.5, 0.6) is 0 Å². The summed E-state index contributed by atoms with van der Waals surface area (Å²) in [5.74, 6) is -0.889. The van der Waals surface area contributed by atoms with Crippen LogP contribution < -0.4 is 10.2 Å². The fourth-order valence-electron chi connectivity index (χ4n) is 3.38. The van der Waals surface area contributed by atoms with E-state index in [1.165, 1.54) is 12.1 Å². The van der Waals surface area contributed by atoms with Gasteiger partial charge in [0.2, 0.25) is 0 Å². The van der Waals surface area contributed by atoms with Gasteiger partial charge in [-0.1, -0.05) is 35.3 Å². The SMILES string of the molecule is O=C1N/C(=C\c2ccc(N3CCOCC3)c(F)c2)C(=O)N1Cc1ccc(Cl)c(Cl)c1. The molecule has 3 amide bonds. The number of urea groups is 1. The number of carbonyl (C=O) groups excluding carboxylic acids is 2. The molecular formula is C21H18Cl2FN3O3. The van der Waals surface area contributed by atoms with Gasteiger partial charge < -0.3 is 15.0 Å². The summed E-state index contributed by atoms with van der Waals surface area (Å²) >= 11 is 11.9. The zero-order valence-corrected chi connectivity index (χ0v) is 17.3. The number of ether oxygens (including phenoxy) is 1. The van der Waals surface area contributed by atoms with Crippen molar-refractivity contribution in [2.75, 3.05) is 31.2 Å². The van der Waals surface area contributed by atoms with Crippen LogP contribution in [0.15, 0.2) is 42.1 Å². The number of hydrogen-bond donors (Lipinski definition) is 1. The van der Waals surface area contributed by atoms with Crippen LogP contribution in [-0.2, 0) is 16.1 Å². The highest BCUT2D eigenvalue weighted by Crippen LogP contribution is 2.26. The molecule has 0 bridgehead atoms. The van der Waals surface area contributed by atoms with Gasteiger partial charge in [-0.3, -0.25) is 9.69 Å². The Morgan fingerprint density at radius 3 is 2.53 bits per heavy atom. The molecular weight excluding hydrogens is 432 g/mol. The fourth-order valence-corrected chi connectivity index (χ4v) is 3.70. The van der Waals surface area contributed by atoms with Crippen LogP contribution >= 0.6 is 23.2 Å². The number of rotatable bonds is 4. The van der Waals surface area contributed by atoms with Crippen LogP contribution in [0.2, 0.25) is 10.0 Å². The van der Waals surface area contributed by atoms with Crippen molar-refractivity contribution in [3.05, 3.63) is 69.1 Å². The van der Waals surface area contributed by atoms with Gasteiger partial charge >= 0.3 is 6.03 Å². The van der Waals surface area contributed by atoms with Gasteiger partial charge in [0.1, 0.15) is 11.5 Å². The Balaban J connectivity index is 1.51. The molecule has 2 saturated heterocycles. The highest BCUT2D eigenvalue weighted by molar-refractivity contribution is 6.42. The topological polar surface area (TPSA) is 61.9 Å². The molecule has 2 fully saturated rings. The zero-order valence-electron chi connectivity index (χ0n) is 15.8. The summed E-state index contributed by atoms with van der Waals surface area (Å²) in [7, 11) is 0. The molecule has 30 heavy (non-hydrogen) atoms. The monoisotopic (exact) mass is 449 g/mol. The largest absolute Gasteiger partial charge is 0.378 e. The Hall–Kier alpha value is -2.61. The Morgan fingerprint density at radius 2 is 1.83 bits per heavy atom. The smallest absolute Gasteiger partial charge is 0.329 e. The number of hydrogen-bond acceptors (Lipinski definition) is 4. The van der Waals surface area contributed by atoms with Gasteiger partial charge in [-0.05, 0) is 41.5 Å². The molecule has 2 heterocycles. The number of amides is 3. The molecule has 0 aromatic heterocycles. The van der Waals surface area contributed by atoms with Crippen molar-refractivity contribution in [1.29, 1.82) is 0 Å².